The van der Waals surface area contributed by atoms with Crippen LogP contribution in [-0.2, 0) is 4.79 Å². The van der Waals surface area contributed by atoms with E-state index in [0.29, 0.717) is 16.3 Å². The number of carbonyl (C=O) groups excluding carboxylic acids is 2. The molecule has 0 aliphatic carbocycles. The van der Waals surface area contributed by atoms with E-state index in [1.165, 1.54) is 11.8 Å². The van der Waals surface area contributed by atoms with Gasteiger partial charge in [0.05, 0.1) is 17.8 Å². The van der Waals surface area contributed by atoms with E-state index in [1.54, 1.807) is 24.4 Å². The molecule has 0 bridgehead atoms. The number of para-hydroxylation sites is 1. The number of benzene rings is 2. The highest BCUT2D eigenvalue weighted by atomic mass is 79.9. The average molecular weight is 442 g/mol. The fraction of sp³-hybridized carbons (Fsp3) is 0.0500. The monoisotopic (exact) mass is 441 g/mol. The van der Waals surface area contributed by atoms with Crippen molar-refractivity contribution in [3.05, 3.63) is 83.0 Å². The van der Waals surface area contributed by atoms with Crippen molar-refractivity contribution in [1.82, 2.24) is 10.3 Å². The van der Waals surface area contributed by atoms with Crippen molar-refractivity contribution in [2.24, 2.45) is 0 Å². The Morgan fingerprint density at radius 3 is 2.48 bits per heavy atom. The molecule has 2 aromatic carbocycles. The number of amides is 2. The van der Waals surface area contributed by atoms with Crippen LogP contribution >= 0.6 is 27.7 Å². The molecule has 7 heteroatoms. The summed E-state index contributed by atoms with van der Waals surface area (Å²) >= 11 is 4.77. The van der Waals surface area contributed by atoms with E-state index < -0.39 is 0 Å². The van der Waals surface area contributed by atoms with Crippen LogP contribution in [0.4, 0.5) is 5.69 Å². The van der Waals surface area contributed by atoms with Crippen LogP contribution in [0.15, 0.2) is 87.3 Å². The Kier molecular flexibility index (Phi) is 6.62. The first-order valence-electron chi connectivity index (χ1n) is 8.14. The number of nitrogens with one attached hydrogen (secondary N) is 2. The highest BCUT2D eigenvalue weighted by Crippen LogP contribution is 2.28. The van der Waals surface area contributed by atoms with Crippen molar-refractivity contribution in [3.8, 4) is 0 Å². The molecule has 136 valence electrons. The van der Waals surface area contributed by atoms with Crippen LogP contribution in [0.2, 0.25) is 0 Å². The van der Waals surface area contributed by atoms with Crippen molar-refractivity contribution in [1.29, 1.82) is 0 Å². The molecule has 0 radical (unpaired) electrons. The number of halogens is 1. The molecule has 0 aliphatic rings. The third-order valence-electron chi connectivity index (χ3n) is 3.53. The highest BCUT2D eigenvalue weighted by Gasteiger charge is 2.14. The second-order valence-corrected chi connectivity index (χ2v) is 7.40. The van der Waals surface area contributed by atoms with E-state index in [2.05, 4.69) is 31.5 Å². The van der Waals surface area contributed by atoms with E-state index >= 15 is 0 Å². The largest absolute Gasteiger partial charge is 0.343 e. The summed E-state index contributed by atoms with van der Waals surface area (Å²) in [7, 11) is 0. The first-order chi connectivity index (χ1) is 13.1. The third-order valence-corrected chi connectivity index (χ3v) is 5.25. The molecule has 0 atom stereocenters. The molecule has 0 saturated carbocycles. The van der Waals surface area contributed by atoms with Crippen molar-refractivity contribution in [2.45, 2.75) is 9.92 Å². The van der Waals surface area contributed by atoms with E-state index in [1.807, 2.05) is 48.5 Å². The number of nitrogens with zero attached hydrogens (tertiary/aromatic N) is 1. The van der Waals surface area contributed by atoms with Gasteiger partial charge in [-0.25, -0.2) is 4.98 Å². The molecule has 27 heavy (non-hydrogen) atoms. The predicted octanol–water partition coefficient (Wildman–Crippen LogP) is 4.36. The van der Waals surface area contributed by atoms with Gasteiger partial charge in [0, 0.05) is 15.6 Å². The summed E-state index contributed by atoms with van der Waals surface area (Å²) in [4.78, 5) is 29.9. The first-order valence-corrected chi connectivity index (χ1v) is 9.75. The standard InChI is InChI=1S/C20H16BrN3O2S/c21-16-10-4-5-11-17(16)24-18(25)13-23-19(26)15-9-6-12-22-20(15)27-14-7-2-1-3-8-14/h1-12H,13H2,(H,23,26)(H,24,25). The van der Waals surface area contributed by atoms with Crippen LogP contribution in [0.3, 0.4) is 0 Å². The van der Waals surface area contributed by atoms with Crippen molar-refractivity contribution >= 4 is 45.2 Å². The van der Waals surface area contributed by atoms with Gasteiger partial charge in [0.15, 0.2) is 0 Å². The van der Waals surface area contributed by atoms with Crippen LogP contribution in [0.5, 0.6) is 0 Å². The summed E-state index contributed by atoms with van der Waals surface area (Å²) < 4.78 is 0.776. The SMILES string of the molecule is O=C(CNC(=O)c1cccnc1Sc1ccccc1)Nc1ccccc1Br. The minimum atomic E-state index is -0.344. The Balaban J connectivity index is 1.63. The number of hydrogen-bond donors (Lipinski definition) is 2. The maximum Gasteiger partial charge on any atom is 0.254 e. The van der Waals surface area contributed by atoms with Crippen LogP contribution in [0.1, 0.15) is 10.4 Å². The second-order valence-electron chi connectivity index (χ2n) is 5.48. The van der Waals surface area contributed by atoms with Gasteiger partial charge in [-0.2, -0.15) is 0 Å². The maximum absolute atomic E-state index is 12.5. The molecule has 3 aromatic rings. The van der Waals surface area contributed by atoms with Crippen molar-refractivity contribution < 1.29 is 9.59 Å². The molecule has 2 amide bonds. The van der Waals surface area contributed by atoms with E-state index in [0.717, 1.165) is 9.37 Å². The van der Waals surface area contributed by atoms with Crippen LogP contribution in [0.25, 0.3) is 0 Å². The molecule has 0 aliphatic heterocycles. The van der Waals surface area contributed by atoms with Crippen molar-refractivity contribution in [2.75, 3.05) is 11.9 Å². The number of carbonyl (C=O) groups is 2. The molecule has 2 N–H and O–H groups in total. The Labute approximate surface area is 169 Å². The predicted molar refractivity (Wildman–Crippen MR) is 110 cm³/mol. The molecular formula is C20H16BrN3O2S. The maximum atomic E-state index is 12.5. The van der Waals surface area contributed by atoms with Gasteiger partial charge in [-0.1, -0.05) is 42.1 Å². The quantitative estimate of drug-likeness (QED) is 0.595. The number of aromatic nitrogens is 1. The molecule has 1 heterocycles. The summed E-state index contributed by atoms with van der Waals surface area (Å²) in [6.07, 6.45) is 1.64. The number of pyridine rings is 1. The van der Waals surface area contributed by atoms with Gasteiger partial charge in [-0.15, -0.1) is 0 Å². The van der Waals surface area contributed by atoms with Crippen LogP contribution in [-0.4, -0.2) is 23.3 Å². The van der Waals surface area contributed by atoms with Gasteiger partial charge < -0.3 is 10.6 Å². The van der Waals surface area contributed by atoms with Gasteiger partial charge >= 0.3 is 0 Å². The summed E-state index contributed by atoms with van der Waals surface area (Å²) in [5, 5.41) is 5.99. The smallest absolute Gasteiger partial charge is 0.254 e. The van der Waals surface area contributed by atoms with Gasteiger partial charge in [-0.3, -0.25) is 9.59 Å². The Bertz CT molecular complexity index is 951. The van der Waals surface area contributed by atoms with E-state index in [9.17, 15) is 9.59 Å². The van der Waals surface area contributed by atoms with E-state index in [-0.39, 0.29) is 18.4 Å². The summed E-state index contributed by atoms with van der Waals surface area (Å²) in [5.41, 5.74) is 1.08. The highest BCUT2D eigenvalue weighted by molar-refractivity contribution is 9.10. The summed E-state index contributed by atoms with van der Waals surface area (Å²) in [5.74, 6) is -0.653. The fourth-order valence-electron chi connectivity index (χ4n) is 2.26. The lowest BCUT2D eigenvalue weighted by atomic mass is 10.2. The molecule has 1 aromatic heterocycles. The van der Waals surface area contributed by atoms with Crippen LogP contribution < -0.4 is 10.6 Å². The molecule has 0 spiro atoms. The molecule has 0 fully saturated rings. The summed E-state index contributed by atoms with van der Waals surface area (Å²) in [6.45, 7) is -0.134. The van der Waals surface area contributed by atoms with Gasteiger partial charge in [0.2, 0.25) is 5.91 Å². The zero-order chi connectivity index (χ0) is 19.1. The third kappa shape index (κ3) is 5.42. The Morgan fingerprint density at radius 2 is 1.70 bits per heavy atom. The lowest BCUT2D eigenvalue weighted by Gasteiger charge is -2.10. The molecule has 5 nitrogen and oxygen atoms in total. The van der Waals surface area contributed by atoms with Gasteiger partial charge in [0.1, 0.15) is 5.03 Å². The number of anilines is 1. The Hall–Kier alpha value is -2.64. The van der Waals surface area contributed by atoms with Gasteiger partial charge in [-0.05, 0) is 52.3 Å². The minimum Gasteiger partial charge on any atom is -0.343 e. The first kappa shape index (κ1) is 19.1. The summed E-state index contributed by atoms with van der Waals surface area (Å²) in [6, 6.07) is 20.4. The molecule has 0 saturated heterocycles. The van der Waals surface area contributed by atoms with Crippen molar-refractivity contribution in [3.63, 3.8) is 0 Å². The van der Waals surface area contributed by atoms with Crippen LogP contribution in [0, 0.1) is 0 Å². The zero-order valence-corrected chi connectivity index (χ0v) is 16.6. The fourth-order valence-corrected chi connectivity index (χ4v) is 3.54. The topological polar surface area (TPSA) is 71.1 Å². The molecule has 3 rings (SSSR count). The number of hydrogen-bond acceptors (Lipinski definition) is 4. The number of rotatable bonds is 6. The lowest BCUT2D eigenvalue weighted by Crippen LogP contribution is -2.33. The lowest BCUT2D eigenvalue weighted by molar-refractivity contribution is -0.115. The normalized spacial score (nSPS) is 10.3. The van der Waals surface area contributed by atoms with E-state index in [4.69, 9.17) is 0 Å². The average Bonchev–Trinajstić information content (AvgIpc) is 2.69. The molecular weight excluding hydrogens is 426 g/mol. The Morgan fingerprint density at radius 1 is 0.963 bits per heavy atom. The molecule has 0 unspecified atom stereocenters. The minimum absolute atomic E-state index is 0.134. The van der Waals surface area contributed by atoms with Gasteiger partial charge in [0.25, 0.3) is 5.91 Å². The second kappa shape index (κ2) is 9.34. The zero-order valence-electron chi connectivity index (χ0n) is 14.2.